The van der Waals surface area contributed by atoms with Crippen LogP contribution in [0.1, 0.15) is 28.7 Å². The number of aromatic hydroxyl groups is 1. The number of ether oxygens (including phenoxy) is 1. The number of carbonyl (C=O) groups is 1. The van der Waals surface area contributed by atoms with Crippen LogP contribution in [0, 0.1) is 5.92 Å². The first kappa shape index (κ1) is 25.1. The Morgan fingerprint density at radius 1 is 1.14 bits per heavy atom. The van der Waals surface area contributed by atoms with E-state index in [0.29, 0.717) is 23.8 Å². The van der Waals surface area contributed by atoms with Crippen molar-refractivity contribution in [1.29, 1.82) is 0 Å². The van der Waals surface area contributed by atoms with Crippen molar-refractivity contribution >= 4 is 18.3 Å². The number of likely N-dealkylation sites (tertiary alicyclic amines) is 1. The van der Waals surface area contributed by atoms with Gasteiger partial charge in [0.2, 0.25) is 5.91 Å². The molecule has 0 saturated carbocycles. The first-order valence-electron chi connectivity index (χ1n) is 12.6. The minimum Gasteiger partial charge on any atom is -0.504 e. The molecule has 3 aliphatic carbocycles. The van der Waals surface area contributed by atoms with Crippen molar-refractivity contribution in [2.45, 2.75) is 55.4 Å². The molecular weight excluding hydrogens is 478 g/mol. The summed E-state index contributed by atoms with van der Waals surface area (Å²) in [5.41, 5.74) is 10.1. The Morgan fingerprint density at radius 2 is 1.86 bits per heavy atom. The average molecular weight is 512 g/mol. The number of primary amides is 1. The zero-order valence-electron chi connectivity index (χ0n) is 20.4. The lowest BCUT2D eigenvalue weighted by atomic mass is 9.53. The zero-order valence-corrected chi connectivity index (χ0v) is 21.2. The van der Waals surface area contributed by atoms with Crippen LogP contribution in [0.3, 0.4) is 0 Å². The van der Waals surface area contributed by atoms with Gasteiger partial charge in [-0.15, -0.1) is 12.4 Å². The number of phenols is 1. The Labute approximate surface area is 217 Å². The number of hydrogen-bond acceptors (Lipinski definition) is 6. The molecule has 1 spiro atoms. The van der Waals surface area contributed by atoms with Crippen LogP contribution < -0.4 is 15.8 Å². The zero-order chi connectivity index (χ0) is 24.3. The molecule has 7 rings (SSSR count). The van der Waals surface area contributed by atoms with E-state index in [1.165, 1.54) is 22.3 Å². The van der Waals surface area contributed by atoms with Crippen LogP contribution in [0.15, 0.2) is 48.6 Å². The van der Waals surface area contributed by atoms with Crippen molar-refractivity contribution in [3.63, 3.8) is 0 Å². The van der Waals surface area contributed by atoms with Gasteiger partial charge in [0.15, 0.2) is 11.5 Å². The van der Waals surface area contributed by atoms with Crippen LogP contribution in [0.5, 0.6) is 11.5 Å². The van der Waals surface area contributed by atoms with E-state index in [1.54, 1.807) is 6.07 Å². The van der Waals surface area contributed by atoms with Gasteiger partial charge in [-0.25, -0.2) is 0 Å². The largest absolute Gasteiger partial charge is 0.504 e. The Bertz CT molecular complexity index is 1180. The van der Waals surface area contributed by atoms with Gasteiger partial charge in [-0.3, -0.25) is 4.79 Å². The first-order chi connectivity index (χ1) is 16.9. The maximum absolute atomic E-state index is 10.6. The molecule has 8 heteroatoms. The minimum absolute atomic E-state index is 0. The average Bonchev–Trinajstić information content (AvgIpc) is 3.42. The fraction of sp³-hybridized carbons (Fsp3) is 0.464. The molecule has 2 aromatic rings. The van der Waals surface area contributed by atoms with E-state index in [9.17, 15) is 15.0 Å². The molecule has 0 aromatic heterocycles. The number of amides is 1. The van der Waals surface area contributed by atoms with Gasteiger partial charge in [-0.05, 0) is 62.0 Å². The fourth-order valence-electron chi connectivity index (χ4n) is 7.19. The van der Waals surface area contributed by atoms with Gasteiger partial charge < -0.3 is 30.9 Å². The van der Waals surface area contributed by atoms with Crippen molar-refractivity contribution in [3.05, 3.63) is 70.8 Å². The molecule has 2 bridgehead atoms. The number of aliphatic hydroxyl groups is 1. The van der Waals surface area contributed by atoms with Gasteiger partial charge >= 0.3 is 0 Å². The molecule has 1 amide bonds. The second-order valence-electron chi connectivity index (χ2n) is 10.7. The fourth-order valence-corrected chi connectivity index (χ4v) is 7.19. The van der Waals surface area contributed by atoms with Crippen LogP contribution in [0.2, 0.25) is 0 Å². The summed E-state index contributed by atoms with van der Waals surface area (Å²) >= 11 is 0. The third-order valence-corrected chi connectivity index (χ3v) is 8.77. The first-order valence-corrected chi connectivity index (χ1v) is 12.6. The molecule has 1 fully saturated rings. The number of rotatable bonds is 3. The second kappa shape index (κ2) is 9.38. The molecule has 2 aliphatic heterocycles. The Kier molecular flexibility index (Phi) is 6.53. The predicted molar refractivity (Wildman–Crippen MR) is 140 cm³/mol. The SMILES string of the molecule is CN1CC[C@]23c4c5ccc(O)c4O[C@H]2[C@@H](O)C=C[C@H]3[C@H]1C5.Cl.NC(=O)CNC1Cc2ccccc2C1. The highest BCUT2D eigenvalue weighted by Gasteiger charge is 2.64. The van der Waals surface area contributed by atoms with Crippen LogP contribution in [-0.2, 0) is 29.5 Å². The summed E-state index contributed by atoms with van der Waals surface area (Å²) in [6, 6.07) is 13.0. The monoisotopic (exact) mass is 511 g/mol. The Morgan fingerprint density at radius 3 is 2.56 bits per heavy atom. The molecular formula is C28H34ClN3O4. The summed E-state index contributed by atoms with van der Waals surface area (Å²) in [5, 5.41) is 23.8. The molecule has 5 atom stereocenters. The van der Waals surface area contributed by atoms with E-state index in [-0.39, 0.29) is 42.1 Å². The number of fused-ring (bicyclic) bond motifs is 1. The third-order valence-electron chi connectivity index (χ3n) is 8.77. The molecule has 36 heavy (non-hydrogen) atoms. The number of nitrogens with two attached hydrogens (primary N) is 1. The van der Waals surface area contributed by atoms with Crippen molar-refractivity contribution in [2.24, 2.45) is 11.7 Å². The van der Waals surface area contributed by atoms with Gasteiger partial charge in [0.1, 0.15) is 12.2 Å². The van der Waals surface area contributed by atoms with E-state index >= 15 is 0 Å². The topological polar surface area (TPSA) is 108 Å². The van der Waals surface area contributed by atoms with Gasteiger partial charge in [-0.1, -0.05) is 42.5 Å². The number of nitrogens with one attached hydrogen (secondary N) is 1. The smallest absolute Gasteiger partial charge is 0.231 e. The number of piperidine rings is 1. The molecule has 1 saturated heterocycles. The molecule has 0 unspecified atom stereocenters. The lowest BCUT2D eigenvalue weighted by Crippen LogP contribution is -2.64. The summed E-state index contributed by atoms with van der Waals surface area (Å²) in [6.07, 6.45) is 7.18. The summed E-state index contributed by atoms with van der Waals surface area (Å²) in [6.45, 7) is 1.29. The molecule has 5 aliphatic rings. The normalized spacial score (nSPS) is 30.8. The molecule has 2 aromatic carbocycles. The van der Waals surface area contributed by atoms with E-state index in [0.717, 1.165) is 32.2 Å². The van der Waals surface area contributed by atoms with Gasteiger partial charge in [-0.2, -0.15) is 0 Å². The van der Waals surface area contributed by atoms with Gasteiger partial charge in [0.25, 0.3) is 0 Å². The highest BCUT2D eigenvalue weighted by atomic mass is 35.5. The van der Waals surface area contributed by atoms with E-state index in [4.69, 9.17) is 10.5 Å². The highest BCUT2D eigenvalue weighted by Crippen LogP contribution is 2.62. The second-order valence-corrected chi connectivity index (χ2v) is 10.7. The predicted octanol–water partition coefficient (Wildman–Crippen LogP) is 1.85. The third kappa shape index (κ3) is 3.80. The minimum atomic E-state index is -0.594. The number of halogens is 1. The van der Waals surface area contributed by atoms with Crippen molar-refractivity contribution in [1.82, 2.24) is 10.2 Å². The number of benzene rings is 2. The van der Waals surface area contributed by atoms with E-state index in [1.807, 2.05) is 12.1 Å². The Balaban J connectivity index is 0.000000157. The van der Waals surface area contributed by atoms with Crippen LogP contribution in [0.25, 0.3) is 0 Å². The Hall–Kier alpha value is -2.58. The van der Waals surface area contributed by atoms with Crippen molar-refractivity contribution < 1.29 is 19.7 Å². The summed E-state index contributed by atoms with van der Waals surface area (Å²) in [5.74, 6) is 0.898. The molecule has 192 valence electrons. The summed E-state index contributed by atoms with van der Waals surface area (Å²) in [7, 11) is 2.19. The highest BCUT2D eigenvalue weighted by molar-refractivity contribution is 5.85. The molecule has 0 radical (unpaired) electrons. The molecule has 7 nitrogen and oxygen atoms in total. The standard InChI is InChI=1S/C17H19NO3.C11H14N2O.ClH/c1-18-7-6-17-10-3-5-13(20)16(17)21-15-12(19)4-2-9(14(15)17)8-11(10)18;12-11(14)7-13-10-5-8-3-1-2-4-9(8)6-10;/h2-5,10-11,13,16,19-20H,6-8H2,1H3;1-4,10,13H,5-7H2,(H2,12,14);1H/t10-,11+,13-,16-,17-;;/m0../s1. The van der Waals surface area contributed by atoms with E-state index < -0.39 is 6.10 Å². The van der Waals surface area contributed by atoms with Crippen LogP contribution in [0.4, 0.5) is 0 Å². The van der Waals surface area contributed by atoms with Gasteiger partial charge in [0, 0.05) is 29.0 Å². The molecule has 5 N–H and O–H groups in total. The van der Waals surface area contributed by atoms with Crippen molar-refractivity contribution in [3.8, 4) is 11.5 Å². The maximum atomic E-state index is 10.6. The van der Waals surface area contributed by atoms with Gasteiger partial charge in [0.05, 0.1) is 6.54 Å². The lowest BCUT2D eigenvalue weighted by Gasteiger charge is -2.56. The lowest BCUT2D eigenvalue weighted by molar-refractivity contribution is -0.117. The van der Waals surface area contributed by atoms with Crippen LogP contribution in [-0.4, -0.2) is 65.4 Å². The quantitative estimate of drug-likeness (QED) is 0.468. The van der Waals surface area contributed by atoms with Crippen LogP contribution >= 0.6 is 12.4 Å². The molecule has 2 heterocycles. The summed E-state index contributed by atoms with van der Waals surface area (Å²) < 4.78 is 6.09. The number of nitrogens with zero attached hydrogens (tertiary/aromatic N) is 1. The number of likely N-dealkylation sites (N-methyl/N-ethyl adjacent to an activating group) is 1. The van der Waals surface area contributed by atoms with E-state index in [2.05, 4.69) is 47.6 Å². The number of phenolic OH excluding ortho intramolecular Hbond substituents is 1. The summed E-state index contributed by atoms with van der Waals surface area (Å²) in [4.78, 5) is 13.0. The number of carbonyl (C=O) groups excluding carboxylic acids is 1. The van der Waals surface area contributed by atoms with Crippen molar-refractivity contribution in [2.75, 3.05) is 20.1 Å². The number of aliphatic hydroxyl groups excluding tert-OH is 1. The number of hydrogen-bond donors (Lipinski definition) is 4. The maximum Gasteiger partial charge on any atom is 0.231 e.